The molecule has 4 heteroatoms. The molecule has 0 aromatic carbocycles. The average Bonchev–Trinajstić information content (AvgIpc) is 2.49. The summed E-state index contributed by atoms with van der Waals surface area (Å²) in [7, 11) is 2.14. The SMILES string of the molecule is Cc1csc(N(C)CC2CC(Br)C2)n1. The first kappa shape index (κ1) is 10.4. The van der Waals surface area contributed by atoms with E-state index in [9.17, 15) is 0 Å². The third kappa shape index (κ3) is 2.28. The van der Waals surface area contributed by atoms with Crippen LogP contribution in [0.5, 0.6) is 0 Å². The highest BCUT2D eigenvalue weighted by Gasteiger charge is 2.28. The third-order valence-corrected chi connectivity index (χ3v) is 4.46. The van der Waals surface area contributed by atoms with Gasteiger partial charge in [-0.3, -0.25) is 0 Å². The number of aryl methyl sites for hydroxylation is 1. The summed E-state index contributed by atoms with van der Waals surface area (Å²) in [5, 5.41) is 3.26. The van der Waals surface area contributed by atoms with Crippen molar-refractivity contribution in [3.63, 3.8) is 0 Å². The van der Waals surface area contributed by atoms with Gasteiger partial charge in [-0.25, -0.2) is 4.98 Å². The molecule has 0 radical (unpaired) electrons. The lowest BCUT2D eigenvalue weighted by Crippen LogP contribution is -2.34. The van der Waals surface area contributed by atoms with Crippen LogP contribution in [0.2, 0.25) is 0 Å². The maximum Gasteiger partial charge on any atom is 0.185 e. The molecule has 0 aliphatic heterocycles. The molecule has 14 heavy (non-hydrogen) atoms. The molecule has 0 N–H and O–H groups in total. The summed E-state index contributed by atoms with van der Waals surface area (Å²) in [6, 6.07) is 0. The van der Waals surface area contributed by atoms with E-state index in [0.29, 0.717) is 0 Å². The van der Waals surface area contributed by atoms with Gasteiger partial charge in [-0.2, -0.15) is 0 Å². The van der Waals surface area contributed by atoms with E-state index in [1.165, 1.54) is 12.8 Å². The molecule has 0 unspecified atom stereocenters. The Labute approximate surface area is 97.5 Å². The van der Waals surface area contributed by atoms with Crippen molar-refractivity contribution in [2.24, 2.45) is 5.92 Å². The van der Waals surface area contributed by atoms with Crippen LogP contribution in [0.25, 0.3) is 0 Å². The largest absolute Gasteiger partial charge is 0.351 e. The highest BCUT2D eigenvalue weighted by atomic mass is 79.9. The van der Waals surface area contributed by atoms with Crippen LogP contribution in [0.4, 0.5) is 5.13 Å². The van der Waals surface area contributed by atoms with Gasteiger partial charge in [0.25, 0.3) is 0 Å². The van der Waals surface area contributed by atoms with Gasteiger partial charge < -0.3 is 4.90 Å². The minimum atomic E-state index is 0.763. The average molecular weight is 275 g/mol. The van der Waals surface area contributed by atoms with Crippen LogP contribution in [-0.4, -0.2) is 23.4 Å². The van der Waals surface area contributed by atoms with Gasteiger partial charge in [-0.15, -0.1) is 11.3 Å². The van der Waals surface area contributed by atoms with Crippen molar-refractivity contribution in [2.75, 3.05) is 18.5 Å². The molecule has 0 amide bonds. The van der Waals surface area contributed by atoms with Crippen molar-refractivity contribution >= 4 is 32.4 Å². The second-order valence-corrected chi connectivity index (χ2v) is 6.22. The van der Waals surface area contributed by atoms with Crippen LogP contribution >= 0.6 is 27.3 Å². The van der Waals surface area contributed by atoms with Crippen LogP contribution in [-0.2, 0) is 0 Å². The van der Waals surface area contributed by atoms with Crippen molar-refractivity contribution in [1.29, 1.82) is 0 Å². The molecule has 0 spiro atoms. The maximum absolute atomic E-state index is 4.47. The van der Waals surface area contributed by atoms with Gasteiger partial charge in [0.1, 0.15) is 0 Å². The predicted molar refractivity (Wildman–Crippen MR) is 65.6 cm³/mol. The van der Waals surface area contributed by atoms with Gasteiger partial charge in [-0.1, -0.05) is 15.9 Å². The molecular weight excluding hydrogens is 260 g/mol. The Morgan fingerprint density at radius 1 is 1.64 bits per heavy atom. The monoisotopic (exact) mass is 274 g/mol. The standard InChI is InChI=1S/C10H15BrN2S/c1-7-6-14-10(12-7)13(2)5-8-3-9(11)4-8/h6,8-9H,3-5H2,1-2H3. The molecule has 1 aliphatic carbocycles. The lowest BCUT2D eigenvalue weighted by Gasteiger charge is -2.34. The summed E-state index contributed by atoms with van der Waals surface area (Å²) in [6.07, 6.45) is 2.63. The summed E-state index contributed by atoms with van der Waals surface area (Å²) in [5.41, 5.74) is 1.13. The third-order valence-electron chi connectivity index (χ3n) is 2.64. The van der Waals surface area contributed by atoms with Crippen molar-refractivity contribution in [1.82, 2.24) is 4.98 Å². The zero-order valence-corrected chi connectivity index (χ0v) is 10.9. The van der Waals surface area contributed by atoms with Crippen LogP contribution in [0.15, 0.2) is 5.38 Å². The Morgan fingerprint density at radius 2 is 2.36 bits per heavy atom. The van der Waals surface area contributed by atoms with Crippen molar-refractivity contribution in [3.8, 4) is 0 Å². The van der Waals surface area contributed by atoms with Gasteiger partial charge in [-0.05, 0) is 25.7 Å². The van der Waals surface area contributed by atoms with Crippen LogP contribution in [0.3, 0.4) is 0 Å². The Bertz CT molecular complexity index is 307. The number of anilines is 1. The van der Waals surface area contributed by atoms with E-state index in [-0.39, 0.29) is 0 Å². The van der Waals surface area contributed by atoms with E-state index >= 15 is 0 Å². The Balaban J connectivity index is 1.86. The highest BCUT2D eigenvalue weighted by molar-refractivity contribution is 9.09. The first-order valence-electron chi connectivity index (χ1n) is 4.92. The molecule has 1 aromatic heterocycles. The van der Waals surface area contributed by atoms with E-state index in [1.54, 1.807) is 11.3 Å². The zero-order chi connectivity index (χ0) is 10.1. The number of rotatable bonds is 3. The number of alkyl halides is 1. The first-order chi connectivity index (χ1) is 6.65. The molecule has 1 fully saturated rings. The molecule has 0 bridgehead atoms. The smallest absolute Gasteiger partial charge is 0.185 e. The molecule has 2 rings (SSSR count). The number of aromatic nitrogens is 1. The molecule has 1 heterocycles. The van der Waals surface area contributed by atoms with Crippen molar-refractivity contribution in [2.45, 2.75) is 24.6 Å². The fraction of sp³-hybridized carbons (Fsp3) is 0.700. The maximum atomic E-state index is 4.47. The molecule has 0 saturated heterocycles. The Hall–Kier alpha value is -0.0900. The van der Waals surface area contributed by atoms with Gasteiger partial charge in [0.15, 0.2) is 5.13 Å². The van der Waals surface area contributed by atoms with Crippen LogP contribution in [0, 0.1) is 12.8 Å². The van der Waals surface area contributed by atoms with Gasteiger partial charge in [0, 0.05) is 23.8 Å². The second-order valence-electron chi connectivity index (χ2n) is 4.09. The molecular formula is C10H15BrN2S. The number of hydrogen-bond donors (Lipinski definition) is 0. The Morgan fingerprint density at radius 3 is 2.86 bits per heavy atom. The van der Waals surface area contributed by atoms with E-state index in [1.807, 2.05) is 6.92 Å². The van der Waals surface area contributed by atoms with E-state index < -0.39 is 0 Å². The minimum Gasteiger partial charge on any atom is -0.351 e. The van der Waals surface area contributed by atoms with Crippen molar-refractivity contribution < 1.29 is 0 Å². The topological polar surface area (TPSA) is 16.1 Å². The number of hydrogen-bond acceptors (Lipinski definition) is 3. The molecule has 0 atom stereocenters. The molecule has 1 saturated carbocycles. The zero-order valence-electron chi connectivity index (χ0n) is 8.53. The molecule has 78 valence electrons. The number of nitrogens with zero attached hydrogens (tertiary/aromatic N) is 2. The minimum absolute atomic E-state index is 0.763. The second kappa shape index (κ2) is 4.19. The number of thiazole rings is 1. The highest BCUT2D eigenvalue weighted by Crippen LogP contribution is 2.34. The lowest BCUT2D eigenvalue weighted by molar-refractivity contribution is 0.339. The summed E-state index contributed by atoms with van der Waals surface area (Å²) in [4.78, 5) is 7.52. The van der Waals surface area contributed by atoms with Gasteiger partial charge in [0.2, 0.25) is 0 Å². The fourth-order valence-electron chi connectivity index (χ4n) is 1.79. The van der Waals surface area contributed by atoms with Crippen LogP contribution in [0.1, 0.15) is 18.5 Å². The summed E-state index contributed by atoms with van der Waals surface area (Å²) >= 11 is 5.36. The summed E-state index contributed by atoms with van der Waals surface area (Å²) in [5.74, 6) is 0.855. The normalized spacial score (nSPS) is 25.9. The predicted octanol–water partition coefficient (Wildman–Crippen LogP) is 3.06. The fourth-order valence-corrected chi connectivity index (χ4v) is 3.62. The van der Waals surface area contributed by atoms with Gasteiger partial charge in [0.05, 0.1) is 5.69 Å². The quantitative estimate of drug-likeness (QED) is 0.788. The Kier molecular flexibility index (Phi) is 3.12. The molecule has 1 aromatic rings. The summed E-state index contributed by atoms with van der Waals surface area (Å²) < 4.78 is 0. The molecule has 1 aliphatic rings. The van der Waals surface area contributed by atoms with E-state index in [2.05, 4.69) is 38.2 Å². The van der Waals surface area contributed by atoms with Crippen molar-refractivity contribution in [3.05, 3.63) is 11.1 Å². The van der Waals surface area contributed by atoms with Crippen LogP contribution < -0.4 is 4.90 Å². The first-order valence-corrected chi connectivity index (χ1v) is 6.72. The van der Waals surface area contributed by atoms with E-state index in [0.717, 1.165) is 28.1 Å². The molecule has 2 nitrogen and oxygen atoms in total. The van der Waals surface area contributed by atoms with E-state index in [4.69, 9.17) is 0 Å². The summed E-state index contributed by atoms with van der Waals surface area (Å²) in [6.45, 7) is 3.20. The van der Waals surface area contributed by atoms with Gasteiger partial charge >= 0.3 is 0 Å². The lowest BCUT2D eigenvalue weighted by atomic mass is 9.85. The number of halogens is 1.